The first-order valence-corrected chi connectivity index (χ1v) is 8.35. The molecule has 0 saturated carbocycles. The molecule has 0 bridgehead atoms. The van der Waals surface area contributed by atoms with E-state index in [1.54, 1.807) is 0 Å². The Morgan fingerprint density at radius 3 is 2.67 bits per heavy atom. The zero-order valence-corrected chi connectivity index (χ0v) is 13.6. The summed E-state index contributed by atoms with van der Waals surface area (Å²) < 4.78 is 5.84. The number of piperidine rings is 1. The van der Waals surface area contributed by atoms with Crippen LogP contribution in [0.4, 0.5) is 0 Å². The molecule has 3 nitrogen and oxygen atoms in total. The lowest BCUT2D eigenvalue weighted by atomic mass is 10.1. The fourth-order valence-corrected chi connectivity index (χ4v) is 2.72. The fourth-order valence-electron chi connectivity index (χ4n) is 2.72. The molecule has 0 radical (unpaired) electrons. The first-order valence-electron chi connectivity index (χ1n) is 8.35. The van der Waals surface area contributed by atoms with E-state index < -0.39 is 0 Å². The number of nitrogens with zero attached hydrogens (tertiary/aromatic N) is 1. The Morgan fingerprint density at radius 2 is 1.90 bits per heavy atom. The summed E-state index contributed by atoms with van der Waals surface area (Å²) in [6.45, 7) is 10.4. The molecule has 2 rings (SSSR count). The molecule has 1 heterocycles. The van der Waals surface area contributed by atoms with Crippen LogP contribution in [0.15, 0.2) is 24.3 Å². The van der Waals surface area contributed by atoms with Gasteiger partial charge in [-0.3, -0.25) is 0 Å². The average Bonchev–Trinajstić information content (AvgIpc) is 2.51. The van der Waals surface area contributed by atoms with Gasteiger partial charge in [0.15, 0.2) is 0 Å². The normalized spacial score (nSPS) is 16.5. The Balaban J connectivity index is 1.66. The van der Waals surface area contributed by atoms with E-state index in [1.165, 1.54) is 43.5 Å². The van der Waals surface area contributed by atoms with Gasteiger partial charge >= 0.3 is 0 Å². The van der Waals surface area contributed by atoms with Crippen LogP contribution >= 0.6 is 0 Å². The minimum atomic E-state index is 0.523. The Labute approximate surface area is 129 Å². The van der Waals surface area contributed by atoms with E-state index in [-0.39, 0.29) is 0 Å². The summed E-state index contributed by atoms with van der Waals surface area (Å²) in [6, 6.07) is 9.22. The van der Waals surface area contributed by atoms with E-state index in [9.17, 15) is 0 Å². The van der Waals surface area contributed by atoms with Crippen molar-refractivity contribution in [2.24, 2.45) is 0 Å². The van der Waals surface area contributed by atoms with Crippen LogP contribution in [0.1, 0.15) is 44.2 Å². The third-order valence-electron chi connectivity index (χ3n) is 3.98. The van der Waals surface area contributed by atoms with Crippen LogP contribution < -0.4 is 5.32 Å². The van der Waals surface area contributed by atoms with E-state index in [0.717, 1.165) is 26.3 Å². The van der Waals surface area contributed by atoms with E-state index in [2.05, 4.69) is 48.3 Å². The number of rotatable bonds is 8. The summed E-state index contributed by atoms with van der Waals surface area (Å²) in [7, 11) is 0. The summed E-state index contributed by atoms with van der Waals surface area (Å²) in [6.07, 6.45) is 4.10. The summed E-state index contributed by atoms with van der Waals surface area (Å²) in [5.41, 5.74) is 2.61. The predicted octanol–water partition coefficient (Wildman–Crippen LogP) is 3.19. The maximum Gasteiger partial charge on any atom is 0.0717 e. The number of nitrogens with one attached hydrogen (secondary N) is 1. The molecule has 1 aromatic carbocycles. The maximum atomic E-state index is 5.84. The van der Waals surface area contributed by atoms with E-state index >= 15 is 0 Å². The summed E-state index contributed by atoms with van der Waals surface area (Å²) in [4.78, 5) is 2.52. The first kappa shape index (κ1) is 16.5. The molecule has 21 heavy (non-hydrogen) atoms. The monoisotopic (exact) mass is 290 g/mol. The Bertz CT molecular complexity index is 400. The zero-order valence-electron chi connectivity index (χ0n) is 13.6. The number of benzene rings is 1. The van der Waals surface area contributed by atoms with Crippen molar-refractivity contribution in [3.63, 3.8) is 0 Å². The highest BCUT2D eigenvalue weighted by Gasteiger charge is 2.09. The number of likely N-dealkylation sites (tertiary alicyclic amines) is 1. The second-order valence-electron chi connectivity index (χ2n) is 6.31. The van der Waals surface area contributed by atoms with Crippen LogP contribution in [-0.4, -0.2) is 37.2 Å². The van der Waals surface area contributed by atoms with Crippen LogP contribution in [0.3, 0.4) is 0 Å². The molecule has 0 aliphatic carbocycles. The van der Waals surface area contributed by atoms with E-state index in [1.807, 2.05) is 0 Å². The molecule has 1 N–H and O–H groups in total. The van der Waals surface area contributed by atoms with Gasteiger partial charge in [0.1, 0.15) is 0 Å². The minimum absolute atomic E-state index is 0.523. The predicted molar refractivity (Wildman–Crippen MR) is 88.4 cm³/mol. The first-order chi connectivity index (χ1) is 10.2. The largest absolute Gasteiger partial charge is 0.375 e. The van der Waals surface area contributed by atoms with E-state index in [0.29, 0.717) is 6.04 Å². The number of ether oxygens (including phenoxy) is 1. The highest BCUT2D eigenvalue weighted by atomic mass is 16.5. The Hall–Kier alpha value is -0.900. The lowest BCUT2D eigenvalue weighted by molar-refractivity contribution is 0.0863. The fraction of sp³-hybridized carbons (Fsp3) is 0.667. The lowest BCUT2D eigenvalue weighted by Gasteiger charge is -2.26. The Morgan fingerprint density at radius 1 is 1.14 bits per heavy atom. The summed E-state index contributed by atoms with van der Waals surface area (Å²) in [5, 5.41) is 3.45. The van der Waals surface area contributed by atoms with Crippen molar-refractivity contribution in [1.82, 2.24) is 10.2 Å². The highest BCUT2D eigenvalue weighted by molar-refractivity contribution is 5.22. The molecule has 118 valence electrons. The summed E-state index contributed by atoms with van der Waals surface area (Å²) >= 11 is 0. The summed E-state index contributed by atoms with van der Waals surface area (Å²) in [5.74, 6) is 0. The van der Waals surface area contributed by atoms with Crippen LogP contribution in [0.5, 0.6) is 0 Å². The van der Waals surface area contributed by atoms with Gasteiger partial charge in [0, 0.05) is 19.1 Å². The highest BCUT2D eigenvalue weighted by Crippen LogP contribution is 2.09. The van der Waals surface area contributed by atoms with Gasteiger partial charge in [-0.25, -0.2) is 0 Å². The zero-order chi connectivity index (χ0) is 14.9. The van der Waals surface area contributed by atoms with Crippen LogP contribution in [0, 0.1) is 0 Å². The van der Waals surface area contributed by atoms with Gasteiger partial charge in [0.05, 0.1) is 13.2 Å². The van der Waals surface area contributed by atoms with Crippen molar-refractivity contribution in [1.29, 1.82) is 0 Å². The van der Waals surface area contributed by atoms with Crippen LogP contribution in [0.2, 0.25) is 0 Å². The molecule has 3 heteroatoms. The van der Waals surface area contributed by atoms with Crippen molar-refractivity contribution < 1.29 is 4.74 Å². The van der Waals surface area contributed by atoms with Crippen molar-refractivity contribution >= 4 is 0 Å². The van der Waals surface area contributed by atoms with Gasteiger partial charge in [0.2, 0.25) is 0 Å². The lowest BCUT2D eigenvalue weighted by Crippen LogP contribution is -2.32. The van der Waals surface area contributed by atoms with Crippen LogP contribution in [0.25, 0.3) is 0 Å². The second-order valence-corrected chi connectivity index (χ2v) is 6.31. The van der Waals surface area contributed by atoms with Crippen LogP contribution in [-0.2, 0) is 17.9 Å². The van der Waals surface area contributed by atoms with Crippen molar-refractivity contribution in [2.45, 2.75) is 52.3 Å². The van der Waals surface area contributed by atoms with Crippen molar-refractivity contribution in [2.75, 3.05) is 26.2 Å². The van der Waals surface area contributed by atoms with Crippen molar-refractivity contribution in [3.05, 3.63) is 35.4 Å². The quantitative estimate of drug-likeness (QED) is 0.744. The third-order valence-corrected chi connectivity index (χ3v) is 3.98. The molecule has 1 aromatic rings. The smallest absolute Gasteiger partial charge is 0.0717 e. The molecule has 1 fully saturated rings. The van der Waals surface area contributed by atoms with E-state index in [4.69, 9.17) is 4.74 Å². The SMILES string of the molecule is CC(C)NCc1cccc(COCCN2CCCCC2)c1. The Kier molecular flexibility index (Phi) is 7.20. The topological polar surface area (TPSA) is 24.5 Å². The number of hydrogen-bond donors (Lipinski definition) is 1. The molecule has 0 atom stereocenters. The number of hydrogen-bond acceptors (Lipinski definition) is 3. The molecule has 0 aromatic heterocycles. The van der Waals surface area contributed by atoms with Gasteiger partial charge in [-0.1, -0.05) is 44.5 Å². The van der Waals surface area contributed by atoms with Gasteiger partial charge in [0.25, 0.3) is 0 Å². The third kappa shape index (κ3) is 6.60. The molecule has 0 spiro atoms. The molecule has 1 aliphatic rings. The molecular weight excluding hydrogens is 260 g/mol. The molecular formula is C18H30N2O. The van der Waals surface area contributed by atoms with Gasteiger partial charge in [-0.05, 0) is 37.1 Å². The van der Waals surface area contributed by atoms with Gasteiger partial charge < -0.3 is 15.0 Å². The standard InChI is InChI=1S/C18H30N2O/c1-16(2)19-14-17-7-6-8-18(13-17)15-21-12-11-20-9-4-3-5-10-20/h6-8,13,16,19H,3-5,9-12,14-15H2,1-2H3. The molecule has 0 amide bonds. The average molecular weight is 290 g/mol. The maximum absolute atomic E-state index is 5.84. The van der Waals surface area contributed by atoms with Gasteiger partial charge in [-0.15, -0.1) is 0 Å². The molecule has 1 aliphatic heterocycles. The second kappa shape index (κ2) is 9.19. The van der Waals surface area contributed by atoms with Gasteiger partial charge in [-0.2, -0.15) is 0 Å². The minimum Gasteiger partial charge on any atom is -0.375 e. The van der Waals surface area contributed by atoms with Crippen molar-refractivity contribution in [3.8, 4) is 0 Å². The molecule has 1 saturated heterocycles. The molecule has 0 unspecified atom stereocenters.